The molecular weight excluding hydrogens is 398 g/mol. The van der Waals surface area contributed by atoms with E-state index in [2.05, 4.69) is 14.4 Å². The molecule has 1 aliphatic rings. The summed E-state index contributed by atoms with van der Waals surface area (Å²) in [5.74, 6) is -1.47. The highest BCUT2D eigenvalue weighted by atomic mass is 32.2. The zero-order valence-electron chi connectivity index (χ0n) is 15.4. The molecule has 7 nitrogen and oxygen atoms in total. The zero-order valence-corrected chi connectivity index (χ0v) is 17.0. The molecule has 0 saturated carbocycles. The van der Waals surface area contributed by atoms with Gasteiger partial charge in [0.05, 0.1) is 10.6 Å². The van der Waals surface area contributed by atoms with Crippen molar-refractivity contribution in [2.75, 3.05) is 0 Å². The minimum atomic E-state index is -4.20. The van der Waals surface area contributed by atoms with Gasteiger partial charge in [0, 0.05) is 28.4 Å². The van der Waals surface area contributed by atoms with Crippen LogP contribution in [-0.2, 0) is 15.4 Å². The van der Waals surface area contributed by atoms with E-state index >= 15 is 0 Å². The van der Waals surface area contributed by atoms with Crippen LogP contribution in [0.15, 0.2) is 68.5 Å². The largest absolute Gasteiger partial charge is 0.883 e. The molecule has 9 heteroatoms. The highest BCUT2D eigenvalue weighted by Gasteiger charge is 2.24. The predicted molar refractivity (Wildman–Crippen MR) is 105 cm³/mol. The van der Waals surface area contributed by atoms with E-state index in [-0.39, 0.29) is 20.9 Å². The summed E-state index contributed by atoms with van der Waals surface area (Å²) in [4.78, 5) is 7.65. The minimum absolute atomic E-state index is 0.0502. The molecule has 2 aromatic rings. The van der Waals surface area contributed by atoms with Crippen LogP contribution in [0.5, 0.6) is 0 Å². The van der Waals surface area contributed by atoms with Crippen LogP contribution in [0.2, 0.25) is 0 Å². The molecule has 0 bridgehead atoms. The molecule has 0 atom stereocenters. The standard InChI is InChI=1S/C19H19N3O4S2/c1-19(2,3)13-4-5-16(14(8-13)12-9-20-11-21-10-12)28(25,26)22-15-6-7-27-17(15)18(23)24/h4-11,23-24H,1-3H3/p-2/b22-15+. The lowest BCUT2D eigenvalue weighted by Crippen LogP contribution is -2.22. The average molecular weight is 415 g/mol. The Hall–Kier alpha value is -2.65. The summed E-state index contributed by atoms with van der Waals surface area (Å²) < 4.78 is 29.8. The first-order valence-corrected chi connectivity index (χ1v) is 10.6. The second-order valence-electron chi connectivity index (χ2n) is 7.08. The normalized spacial score (nSPS) is 16.0. The van der Waals surface area contributed by atoms with Crippen molar-refractivity contribution in [1.82, 2.24) is 9.97 Å². The van der Waals surface area contributed by atoms with Gasteiger partial charge in [-0.15, -0.1) is 0 Å². The van der Waals surface area contributed by atoms with Gasteiger partial charge in [0.15, 0.2) is 0 Å². The predicted octanol–water partition coefficient (Wildman–Crippen LogP) is 1.72. The topological polar surface area (TPSA) is 118 Å². The summed E-state index contributed by atoms with van der Waals surface area (Å²) in [6.07, 6.45) is 5.73. The van der Waals surface area contributed by atoms with Crippen LogP contribution in [0, 0.1) is 0 Å². The van der Waals surface area contributed by atoms with Gasteiger partial charge in [-0.05, 0) is 34.6 Å². The molecule has 0 amide bonds. The Bertz CT molecular complexity index is 1100. The first-order chi connectivity index (χ1) is 13.1. The van der Waals surface area contributed by atoms with Gasteiger partial charge in [0.1, 0.15) is 6.33 Å². The van der Waals surface area contributed by atoms with Crippen LogP contribution >= 0.6 is 11.8 Å². The van der Waals surface area contributed by atoms with Crippen molar-refractivity contribution in [3.05, 3.63) is 64.8 Å². The van der Waals surface area contributed by atoms with Crippen molar-refractivity contribution >= 4 is 27.5 Å². The van der Waals surface area contributed by atoms with Crippen LogP contribution in [0.3, 0.4) is 0 Å². The Balaban J connectivity index is 2.21. The zero-order chi connectivity index (χ0) is 20.5. The van der Waals surface area contributed by atoms with Crippen LogP contribution in [-0.4, -0.2) is 24.1 Å². The number of nitrogens with zero attached hydrogens (tertiary/aromatic N) is 3. The van der Waals surface area contributed by atoms with Crippen LogP contribution in [0.4, 0.5) is 0 Å². The summed E-state index contributed by atoms with van der Waals surface area (Å²) in [5, 5.41) is 23.8. The number of rotatable bonds is 3. The van der Waals surface area contributed by atoms with Crippen LogP contribution in [0.1, 0.15) is 26.3 Å². The van der Waals surface area contributed by atoms with Gasteiger partial charge in [-0.25, -0.2) is 9.97 Å². The fraction of sp³-hybridized carbons (Fsp3) is 0.211. The van der Waals surface area contributed by atoms with Crippen molar-refractivity contribution < 1.29 is 18.6 Å². The van der Waals surface area contributed by atoms with Crippen molar-refractivity contribution in [3.63, 3.8) is 0 Å². The molecule has 2 heterocycles. The van der Waals surface area contributed by atoms with E-state index in [4.69, 9.17) is 0 Å². The molecule has 0 spiro atoms. The lowest BCUT2D eigenvalue weighted by molar-refractivity contribution is -0.513. The Morgan fingerprint density at radius 2 is 1.82 bits per heavy atom. The SMILES string of the molecule is CC(C)(C)c1ccc(S(=O)(=O)/N=C2\C=CSC2=C([O-])[O-])c(-c2cncnc2)c1. The first-order valence-electron chi connectivity index (χ1n) is 8.26. The fourth-order valence-corrected chi connectivity index (χ4v) is 4.52. The van der Waals surface area contributed by atoms with Gasteiger partial charge in [-0.2, -0.15) is 18.8 Å². The van der Waals surface area contributed by atoms with Crippen molar-refractivity contribution in [1.29, 1.82) is 0 Å². The van der Waals surface area contributed by atoms with Crippen molar-refractivity contribution in [2.24, 2.45) is 4.40 Å². The molecule has 3 rings (SSSR count). The molecule has 0 radical (unpaired) electrons. The Kier molecular flexibility index (Phi) is 5.31. The van der Waals surface area contributed by atoms with E-state index in [0.717, 1.165) is 17.3 Å². The maximum Gasteiger partial charge on any atom is 0.283 e. The van der Waals surface area contributed by atoms with Gasteiger partial charge in [0.2, 0.25) is 0 Å². The quantitative estimate of drug-likeness (QED) is 0.700. The summed E-state index contributed by atoms with van der Waals surface area (Å²) in [6, 6.07) is 4.98. The summed E-state index contributed by atoms with van der Waals surface area (Å²) in [5.41, 5.74) is 1.49. The molecule has 0 N–H and O–H groups in total. The van der Waals surface area contributed by atoms with Crippen LogP contribution < -0.4 is 10.2 Å². The van der Waals surface area contributed by atoms with Crippen molar-refractivity contribution in [3.8, 4) is 11.1 Å². The highest BCUT2D eigenvalue weighted by molar-refractivity contribution is 8.07. The lowest BCUT2D eigenvalue weighted by Gasteiger charge is -2.22. The molecule has 1 aromatic carbocycles. The molecule has 0 saturated heterocycles. The molecule has 0 aliphatic carbocycles. The van der Waals surface area contributed by atoms with E-state index in [9.17, 15) is 18.6 Å². The second kappa shape index (κ2) is 7.40. The number of hydrogen-bond donors (Lipinski definition) is 0. The number of benzene rings is 1. The molecule has 1 aliphatic heterocycles. The van der Waals surface area contributed by atoms with E-state index in [1.807, 2.05) is 20.8 Å². The van der Waals surface area contributed by atoms with E-state index in [1.165, 1.54) is 36.3 Å². The van der Waals surface area contributed by atoms with E-state index in [1.54, 1.807) is 12.1 Å². The summed E-state index contributed by atoms with van der Waals surface area (Å²) in [6.45, 7) is 6.05. The van der Waals surface area contributed by atoms with E-state index in [0.29, 0.717) is 11.1 Å². The number of thioether (sulfide) groups is 1. The summed E-state index contributed by atoms with van der Waals surface area (Å²) >= 11 is 0.860. The molecule has 0 unspecified atom stereocenters. The van der Waals surface area contributed by atoms with Crippen LogP contribution in [0.25, 0.3) is 11.1 Å². The van der Waals surface area contributed by atoms with E-state index < -0.39 is 16.0 Å². The number of allylic oxidation sites excluding steroid dienone is 2. The minimum Gasteiger partial charge on any atom is -0.883 e. The molecule has 28 heavy (non-hydrogen) atoms. The maximum atomic E-state index is 13.0. The monoisotopic (exact) mass is 415 g/mol. The van der Waals surface area contributed by atoms with Gasteiger partial charge in [-0.3, -0.25) is 0 Å². The Morgan fingerprint density at radius 1 is 1.14 bits per heavy atom. The average Bonchev–Trinajstić information content (AvgIpc) is 3.09. The number of sulfonamides is 1. The smallest absolute Gasteiger partial charge is 0.283 e. The molecule has 1 aromatic heterocycles. The van der Waals surface area contributed by atoms with Crippen molar-refractivity contribution in [2.45, 2.75) is 31.1 Å². The lowest BCUT2D eigenvalue weighted by atomic mass is 9.85. The second-order valence-corrected chi connectivity index (χ2v) is 9.57. The Morgan fingerprint density at radius 3 is 2.43 bits per heavy atom. The molecule has 146 valence electrons. The highest BCUT2D eigenvalue weighted by Crippen LogP contribution is 2.34. The third kappa shape index (κ3) is 4.10. The number of hydrogen-bond acceptors (Lipinski definition) is 7. The van der Waals surface area contributed by atoms with Gasteiger partial charge in [0.25, 0.3) is 10.0 Å². The molecular formula is C19H17N3O4S2-2. The number of aromatic nitrogens is 2. The van der Waals surface area contributed by atoms with Gasteiger partial charge < -0.3 is 10.2 Å². The third-order valence-electron chi connectivity index (χ3n) is 4.04. The van der Waals surface area contributed by atoms with Gasteiger partial charge in [-0.1, -0.05) is 38.6 Å². The molecule has 0 fully saturated rings. The third-order valence-corrected chi connectivity index (χ3v) is 6.28. The Labute approximate surface area is 167 Å². The fourth-order valence-electron chi connectivity index (χ4n) is 2.59. The first kappa shape index (κ1) is 20.1. The van der Waals surface area contributed by atoms with Gasteiger partial charge >= 0.3 is 0 Å². The maximum absolute atomic E-state index is 13.0. The summed E-state index contributed by atoms with van der Waals surface area (Å²) in [7, 11) is -4.20.